The Balaban J connectivity index is 2.13. The fraction of sp³-hybridized carbons (Fsp3) is 0.600. The summed E-state index contributed by atoms with van der Waals surface area (Å²) in [4.78, 5) is 0. The van der Waals surface area contributed by atoms with E-state index in [0.717, 1.165) is 24.4 Å². The van der Waals surface area contributed by atoms with Crippen molar-refractivity contribution in [3.05, 3.63) is 29.8 Å². The van der Waals surface area contributed by atoms with Crippen molar-refractivity contribution in [2.75, 3.05) is 26.8 Å². The molecular weight excluding hydrogens is 226 g/mol. The zero-order chi connectivity index (χ0) is 13.1. The van der Waals surface area contributed by atoms with Crippen LogP contribution in [0.15, 0.2) is 24.3 Å². The first-order valence-electron chi connectivity index (χ1n) is 6.78. The summed E-state index contributed by atoms with van der Waals surface area (Å²) in [6, 6.07) is 8.05. The Labute approximate surface area is 110 Å². The lowest BCUT2D eigenvalue weighted by Crippen LogP contribution is -2.22. The van der Waals surface area contributed by atoms with Crippen molar-refractivity contribution >= 4 is 0 Å². The maximum absolute atomic E-state index is 5.68. The standard InChI is InChI=1S/C15H25NO2/c1-3-4-5-9-16-10-11-18-15-8-6-7-14(12-15)13-17-2/h6-8,12,16H,3-5,9-11,13H2,1-2H3. The second-order valence-corrected chi connectivity index (χ2v) is 4.39. The van der Waals surface area contributed by atoms with Gasteiger partial charge in [-0.25, -0.2) is 0 Å². The van der Waals surface area contributed by atoms with Crippen LogP contribution in [-0.2, 0) is 11.3 Å². The Kier molecular flexibility index (Phi) is 8.26. The minimum atomic E-state index is 0.631. The van der Waals surface area contributed by atoms with Gasteiger partial charge in [-0.15, -0.1) is 0 Å². The second-order valence-electron chi connectivity index (χ2n) is 4.39. The van der Waals surface area contributed by atoms with Crippen molar-refractivity contribution < 1.29 is 9.47 Å². The van der Waals surface area contributed by atoms with E-state index in [1.54, 1.807) is 7.11 Å². The summed E-state index contributed by atoms with van der Waals surface area (Å²) in [6.45, 7) is 5.55. The van der Waals surface area contributed by atoms with E-state index in [4.69, 9.17) is 9.47 Å². The van der Waals surface area contributed by atoms with Gasteiger partial charge in [0, 0.05) is 13.7 Å². The molecule has 1 rings (SSSR count). The number of methoxy groups -OCH3 is 1. The summed E-state index contributed by atoms with van der Waals surface area (Å²) < 4.78 is 10.8. The van der Waals surface area contributed by atoms with E-state index in [9.17, 15) is 0 Å². The Morgan fingerprint density at radius 1 is 1.17 bits per heavy atom. The van der Waals surface area contributed by atoms with Crippen LogP contribution in [0.5, 0.6) is 5.75 Å². The van der Waals surface area contributed by atoms with Gasteiger partial charge in [0.05, 0.1) is 6.61 Å². The smallest absolute Gasteiger partial charge is 0.119 e. The summed E-state index contributed by atoms with van der Waals surface area (Å²) in [5.74, 6) is 0.917. The van der Waals surface area contributed by atoms with Crippen LogP contribution < -0.4 is 10.1 Å². The molecule has 0 aliphatic rings. The van der Waals surface area contributed by atoms with Gasteiger partial charge in [0.25, 0.3) is 0 Å². The maximum atomic E-state index is 5.68. The van der Waals surface area contributed by atoms with Crippen molar-refractivity contribution in [2.24, 2.45) is 0 Å². The highest BCUT2D eigenvalue weighted by Gasteiger charge is 1.96. The van der Waals surface area contributed by atoms with Gasteiger partial charge >= 0.3 is 0 Å². The van der Waals surface area contributed by atoms with Crippen molar-refractivity contribution in [3.63, 3.8) is 0 Å². The van der Waals surface area contributed by atoms with Crippen LogP contribution in [0.2, 0.25) is 0 Å². The highest BCUT2D eigenvalue weighted by atomic mass is 16.5. The van der Waals surface area contributed by atoms with Crippen LogP contribution in [0.3, 0.4) is 0 Å². The van der Waals surface area contributed by atoms with Gasteiger partial charge in [0.1, 0.15) is 12.4 Å². The molecule has 0 atom stereocenters. The first-order chi connectivity index (χ1) is 8.86. The Morgan fingerprint density at radius 3 is 2.83 bits per heavy atom. The van der Waals surface area contributed by atoms with Crippen LogP contribution in [-0.4, -0.2) is 26.8 Å². The predicted molar refractivity (Wildman–Crippen MR) is 75.0 cm³/mol. The SMILES string of the molecule is CCCCCNCCOc1cccc(COC)c1. The highest BCUT2D eigenvalue weighted by molar-refractivity contribution is 5.28. The third-order valence-electron chi connectivity index (χ3n) is 2.71. The van der Waals surface area contributed by atoms with Gasteiger partial charge in [-0.1, -0.05) is 31.9 Å². The average molecular weight is 251 g/mol. The molecule has 3 heteroatoms. The molecule has 3 nitrogen and oxygen atoms in total. The first kappa shape index (κ1) is 15.0. The lowest BCUT2D eigenvalue weighted by atomic mass is 10.2. The molecule has 0 amide bonds. The van der Waals surface area contributed by atoms with Gasteiger partial charge in [0.15, 0.2) is 0 Å². The molecule has 1 N–H and O–H groups in total. The fourth-order valence-electron chi connectivity index (χ4n) is 1.76. The summed E-state index contributed by atoms with van der Waals surface area (Å²) in [5.41, 5.74) is 1.14. The molecule has 0 saturated heterocycles. The van der Waals surface area contributed by atoms with Crippen LogP contribution in [0.1, 0.15) is 31.7 Å². The van der Waals surface area contributed by atoms with Gasteiger partial charge in [-0.05, 0) is 30.7 Å². The van der Waals surface area contributed by atoms with Crippen LogP contribution >= 0.6 is 0 Å². The largest absolute Gasteiger partial charge is 0.492 e. The zero-order valence-electron chi connectivity index (χ0n) is 11.6. The third kappa shape index (κ3) is 6.62. The van der Waals surface area contributed by atoms with Crippen molar-refractivity contribution in [2.45, 2.75) is 32.8 Å². The molecule has 0 aliphatic heterocycles. The van der Waals surface area contributed by atoms with E-state index in [1.807, 2.05) is 24.3 Å². The number of nitrogens with one attached hydrogen (secondary N) is 1. The molecule has 0 radical (unpaired) electrons. The number of rotatable bonds is 10. The number of hydrogen-bond donors (Lipinski definition) is 1. The van der Waals surface area contributed by atoms with Gasteiger partial charge in [-0.3, -0.25) is 0 Å². The summed E-state index contributed by atoms with van der Waals surface area (Å²) >= 11 is 0. The van der Waals surface area contributed by atoms with E-state index in [-0.39, 0.29) is 0 Å². The van der Waals surface area contributed by atoms with E-state index in [1.165, 1.54) is 19.3 Å². The van der Waals surface area contributed by atoms with Crippen molar-refractivity contribution in [1.29, 1.82) is 0 Å². The quantitative estimate of drug-likeness (QED) is 0.648. The number of unbranched alkanes of at least 4 members (excludes halogenated alkanes) is 2. The molecule has 0 aliphatic carbocycles. The number of benzene rings is 1. The monoisotopic (exact) mass is 251 g/mol. The van der Waals surface area contributed by atoms with Crippen molar-refractivity contribution in [3.8, 4) is 5.75 Å². The van der Waals surface area contributed by atoms with Gasteiger partial charge < -0.3 is 14.8 Å². The van der Waals surface area contributed by atoms with E-state index in [0.29, 0.717) is 13.2 Å². The minimum absolute atomic E-state index is 0.631. The number of ether oxygens (including phenoxy) is 2. The maximum Gasteiger partial charge on any atom is 0.119 e. The summed E-state index contributed by atoms with van der Waals surface area (Å²) in [5, 5.41) is 3.38. The lowest BCUT2D eigenvalue weighted by Gasteiger charge is -2.08. The average Bonchev–Trinajstić information content (AvgIpc) is 2.39. The Hall–Kier alpha value is -1.06. The molecule has 0 aromatic heterocycles. The van der Waals surface area contributed by atoms with Crippen LogP contribution in [0.4, 0.5) is 0 Å². The predicted octanol–water partition coefficient (Wildman–Crippen LogP) is 2.99. The molecule has 18 heavy (non-hydrogen) atoms. The van der Waals surface area contributed by atoms with E-state index < -0.39 is 0 Å². The minimum Gasteiger partial charge on any atom is -0.492 e. The normalized spacial score (nSPS) is 10.6. The third-order valence-corrected chi connectivity index (χ3v) is 2.71. The number of hydrogen-bond acceptors (Lipinski definition) is 3. The molecule has 0 saturated carbocycles. The summed E-state index contributed by atoms with van der Waals surface area (Å²) in [7, 11) is 1.70. The van der Waals surface area contributed by atoms with Gasteiger partial charge in [0.2, 0.25) is 0 Å². The molecule has 1 aromatic rings. The van der Waals surface area contributed by atoms with Gasteiger partial charge in [-0.2, -0.15) is 0 Å². The second kappa shape index (κ2) is 9.92. The lowest BCUT2D eigenvalue weighted by molar-refractivity contribution is 0.184. The molecule has 0 unspecified atom stereocenters. The zero-order valence-corrected chi connectivity index (χ0v) is 11.6. The first-order valence-corrected chi connectivity index (χ1v) is 6.78. The van der Waals surface area contributed by atoms with Crippen molar-refractivity contribution in [1.82, 2.24) is 5.32 Å². The fourth-order valence-corrected chi connectivity index (χ4v) is 1.76. The molecular formula is C15H25NO2. The topological polar surface area (TPSA) is 30.5 Å². The molecule has 0 spiro atoms. The molecule has 0 bridgehead atoms. The van der Waals surface area contributed by atoms with Crippen LogP contribution in [0.25, 0.3) is 0 Å². The molecule has 102 valence electrons. The van der Waals surface area contributed by atoms with Crippen LogP contribution in [0, 0.1) is 0 Å². The Morgan fingerprint density at radius 2 is 2.06 bits per heavy atom. The molecule has 1 aromatic carbocycles. The Bertz CT molecular complexity index is 315. The van der Waals surface area contributed by atoms with E-state index in [2.05, 4.69) is 12.2 Å². The van der Waals surface area contributed by atoms with E-state index >= 15 is 0 Å². The summed E-state index contributed by atoms with van der Waals surface area (Å²) in [6.07, 6.45) is 3.82. The molecule has 0 fully saturated rings. The molecule has 0 heterocycles. The highest BCUT2D eigenvalue weighted by Crippen LogP contribution is 2.13.